The molecule has 0 saturated carbocycles. The van der Waals surface area contributed by atoms with Gasteiger partial charge in [-0.1, -0.05) is 65.8 Å². The molecular formula is C27H31NO4. The van der Waals surface area contributed by atoms with E-state index in [9.17, 15) is 4.79 Å². The lowest BCUT2D eigenvalue weighted by molar-refractivity contribution is -0.133. The average Bonchev–Trinajstić information content (AvgIpc) is 3.00. The van der Waals surface area contributed by atoms with Gasteiger partial charge in [-0.3, -0.25) is 4.79 Å². The first kappa shape index (κ1) is 22.1. The molecule has 0 N–H and O–H groups in total. The monoisotopic (exact) mass is 433 g/mol. The lowest BCUT2D eigenvalue weighted by Gasteiger charge is -2.27. The molecule has 2 heterocycles. The Kier molecular flexibility index (Phi) is 5.61. The molecular weight excluding hydrogens is 402 g/mol. The fourth-order valence-electron chi connectivity index (χ4n) is 3.85. The van der Waals surface area contributed by atoms with Crippen LogP contribution in [0.15, 0.2) is 53.7 Å². The zero-order chi connectivity index (χ0) is 23.1. The number of carbonyl (C=O) groups excluding carboxylic acids is 1. The summed E-state index contributed by atoms with van der Waals surface area (Å²) in [5.41, 5.74) is 3.95. The molecule has 0 spiro atoms. The Bertz CT molecular complexity index is 1080. The fraction of sp³-hybridized carbons (Fsp3) is 0.407. The summed E-state index contributed by atoms with van der Waals surface area (Å²) in [7, 11) is 0. The second-order valence-electron chi connectivity index (χ2n) is 10.3. The van der Waals surface area contributed by atoms with E-state index < -0.39 is 5.92 Å². The maximum atomic E-state index is 13.0. The number of nitrogens with zero attached hydrogens (tertiary/aromatic N) is 1. The van der Waals surface area contributed by atoms with Crippen molar-refractivity contribution < 1.29 is 19.0 Å². The third-order valence-corrected chi connectivity index (χ3v) is 5.78. The standard InChI is InChI=1S/C27H31NO4/c1-26(2,3)18-15-20-23(25(29)32-24(20)21(16-18)27(4,5)6)17-7-9-19(10-8-17)30-13-14-31-22-11-12-28-22/h7-12,15-16,23H,13-14H2,1-6H3. The number of rotatable bonds is 5. The van der Waals surface area contributed by atoms with Gasteiger partial charge in [0.1, 0.15) is 30.6 Å². The quantitative estimate of drug-likeness (QED) is 0.347. The van der Waals surface area contributed by atoms with Crippen LogP contribution in [0.4, 0.5) is 0 Å². The number of hydrogen-bond donors (Lipinski definition) is 0. The van der Waals surface area contributed by atoms with Gasteiger partial charge in [-0.05, 0) is 34.1 Å². The van der Waals surface area contributed by atoms with E-state index in [-0.39, 0.29) is 16.8 Å². The van der Waals surface area contributed by atoms with Crippen molar-refractivity contribution in [2.75, 3.05) is 13.2 Å². The third-order valence-electron chi connectivity index (χ3n) is 5.78. The summed E-state index contributed by atoms with van der Waals surface area (Å²) in [6.45, 7) is 13.9. The second-order valence-corrected chi connectivity index (χ2v) is 10.3. The SMILES string of the molecule is CC(C)(C)c1cc2c(c(C(C)(C)C)c1)OC(=O)C2c1ccc(OCCOC2=NC=C2)cc1. The minimum Gasteiger partial charge on any atom is -0.490 e. The maximum Gasteiger partial charge on any atom is 0.323 e. The Morgan fingerprint density at radius 3 is 2.16 bits per heavy atom. The average molecular weight is 434 g/mol. The Morgan fingerprint density at radius 2 is 1.59 bits per heavy atom. The Balaban J connectivity index is 1.58. The number of ether oxygens (including phenoxy) is 3. The van der Waals surface area contributed by atoms with Crippen molar-refractivity contribution in [3.05, 3.63) is 70.9 Å². The Morgan fingerprint density at radius 1 is 0.938 bits per heavy atom. The minimum absolute atomic E-state index is 0.0359. The zero-order valence-corrected chi connectivity index (χ0v) is 19.7. The number of fused-ring (bicyclic) bond motifs is 1. The van der Waals surface area contributed by atoms with E-state index in [0.717, 1.165) is 22.4 Å². The summed E-state index contributed by atoms with van der Waals surface area (Å²) >= 11 is 0. The first-order valence-electron chi connectivity index (χ1n) is 11.0. The van der Waals surface area contributed by atoms with Gasteiger partial charge in [0.15, 0.2) is 0 Å². The predicted octanol–water partition coefficient (Wildman–Crippen LogP) is 5.65. The molecule has 32 heavy (non-hydrogen) atoms. The molecule has 0 saturated heterocycles. The van der Waals surface area contributed by atoms with Gasteiger partial charge < -0.3 is 14.2 Å². The van der Waals surface area contributed by atoms with Crippen molar-refractivity contribution in [2.24, 2.45) is 4.99 Å². The molecule has 2 aliphatic rings. The smallest absolute Gasteiger partial charge is 0.323 e. The number of aliphatic imine (C=N–C) groups is 1. The highest BCUT2D eigenvalue weighted by molar-refractivity contribution is 5.92. The molecule has 2 aliphatic heterocycles. The van der Waals surface area contributed by atoms with Crippen molar-refractivity contribution in [3.63, 3.8) is 0 Å². The topological polar surface area (TPSA) is 57.1 Å². The number of carbonyl (C=O) groups is 1. The van der Waals surface area contributed by atoms with Crippen LogP contribution in [-0.2, 0) is 20.4 Å². The van der Waals surface area contributed by atoms with Crippen molar-refractivity contribution >= 4 is 11.9 Å². The fourth-order valence-corrected chi connectivity index (χ4v) is 3.85. The van der Waals surface area contributed by atoms with E-state index in [1.807, 2.05) is 30.3 Å². The van der Waals surface area contributed by atoms with E-state index in [4.69, 9.17) is 14.2 Å². The molecule has 5 heteroatoms. The molecule has 0 aromatic heterocycles. The van der Waals surface area contributed by atoms with Crippen LogP contribution in [0, 0.1) is 0 Å². The lowest BCUT2D eigenvalue weighted by Crippen LogP contribution is -2.17. The minimum atomic E-state index is -0.436. The van der Waals surface area contributed by atoms with E-state index in [1.165, 1.54) is 5.56 Å². The van der Waals surface area contributed by atoms with Gasteiger partial charge in [-0.15, -0.1) is 0 Å². The number of benzene rings is 2. The van der Waals surface area contributed by atoms with Gasteiger partial charge in [-0.25, -0.2) is 4.99 Å². The predicted molar refractivity (Wildman–Crippen MR) is 126 cm³/mol. The van der Waals surface area contributed by atoms with Gasteiger partial charge in [0.2, 0.25) is 5.90 Å². The third kappa shape index (κ3) is 4.43. The zero-order valence-electron chi connectivity index (χ0n) is 19.7. The van der Waals surface area contributed by atoms with Crippen molar-refractivity contribution in [3.8, 4) is 11.5 Å². The summed E-state index contributed by atoms with van der Waals surface area (Å²) in [5.74, 6) is 1.41. The van der Waals surface area contributed by atoms with Crippen LogP contribution in [0.1, 0.15) is 69.7 Å². The maximum absolute atomic E-state index is 13.0. The van der Waals surface area contributed by atoms with Crippen LogP contribution in [-0.4, -0.2) is 25.1 Å². The molecule has 5 nitrogen and oxygen atoms in total. The Labute approximate surface area is 190 Å². The van der Waals surface area contributed by atoms with Crippen molar-refractivity contribution in [1.82, 2.24) is 0 Å². The summed E-state index contributed by atoms with van der Waals surface area (Å²) in [4.78, 5) is 16.9. The molecule has 168 valence electrons. The number of esters is 1. The van der Waals surface area contributed by atoms with Crippen LogP contribution in [0.3, 0.4) is 0 Å². The molecule has 1 unspecified atom stereocenters. The summed E-state index contributed by atoms with van der Waals surface area (Å²) < 4.78 is 17.0. The lowest BCUT2D eigenvalue weighted by atomic mass is 9.77. The summed E-state index contributed by atoms with van der Waals surface area (Å²) in [5, 5.41) is 0. The van der Waals surface area contributed by atoms with Crippen LogP contribution in [0.2, 0.25) is 0 Å². The molecule has 0 amide bonds. The first-order chi connectivity index (χ1) is 15.0. The van der Waals surface area contributed by atoms with Gasteiger partial charge in [-0.2, -0.15) is 0 Å². The molecule has 0 aliphatic carbocycles. The van der Waals surface area contributed by atoms with E-state index in [1.54, 1.807) is 6.20 Å². The molecule has 2 aromatic rings. The van der Waals surface area contributed by atoms with Crippen LogP contribution < -0.4 is 9.47 Å². The molecule has 0 fully saturated rings. The van der Waals surface area contributed by atoms with Crippen molar-refractivity contribution in [2.45, 2.75) is 58.3 Å². The molecule has 0 radical (unpaired) electrons. The van der Waals surface area contributed by atoms with Crippen molar-refractivity contribution in [1.29, 1.82) is 0 Å². The number of hydrogen-bond acceptors (Lipinski definition) is 5. The van der Waals surface area contributed by atoms with Gasteiger partial charge in [0, 0.05) is 23.4 Å². The van der Waals surface area contributed by atoms with Gasteiger partial charge in [0.05, 0.1) is 0 Å². The normalized spacial score (nSPS) is 17.4. The first-order valence-corrected chi connectivity index (χ1v) is 11.0. The Hall–Kier alpha value is -3.08. The van der Waals surface area contributed by atoms with E-state index in [2.05, 4.69) is 58.7 Å². The molecule has 0 bridgehead atoms. The highest BCUT2D eigenvalue weighted by Gasteiger charge is 2.39. The molecule has 1 atom stereocenters. The second kappa shape index (κ2) is 8.12. The van der Waals surface area contributed by atoms with Crippen LogP contribution in [0.5, 0.6) is 11.5 Å². The van der Waals surface area contributed by atoms with Crippen LogP contribution >= 0.6 is 0 Å². The molecule has 4 rings (SSSR count). The molecule has 2 aromatic carbocycles. The van der Waals surface area contributed by atoms with Gasteiger partial charge >= 0.3 is 5.97 Å². The highest BCUT2D eigenvalue weighted by atomic mass is 16.5. The van der Waals surface area contributed by atoms with E-state index >= 15 is 0 Å². The largest absolute Gasteiger partial charge is 0.490 e. The van der Waals surface area contributed by atoms with Crippen LogP contribution in [0.25, 0.3) is 0 Å². The summed E-state index contributed by atoms with van der Waals surface area (Å²) in [6, 6.07) is 12.0. The van der Waals surface area contributed by atoms with Gasteiger partial charge in [0.25, 0.3) is 0 Å². The highest BCUT2D eigenvalue weighted by Crippen LogP contribution is 2.47. The summed E-state index contributed by atoms with van der Waals surface area (Å²) in [6.07, 6.45) is 3.50. The van der Waals surface area contributed by atoms with E-state index in [0.29, 0.717) is 24.9 Å².